The maximum absolute atomic E-state index is 12.0. The molecule has 1 aromatic carbocycles. The lowest BCUT2D eigenvalue weighted by Gasteiger charge is -2.07. The zero-order chi connectivity index (χ0) is 13.7. The summed E-state index contributed by atoms with van der Waals surface area (Å²) in [6.07, 6.45) is 0. The summed E-state index contributed by atoms with van der Waals surface area (Å²) >= 11 is 3.74. The van der Waals surface area contributed by atoms with Crippen molar-refractivity contribution in [3.8, 4) is 5.75 Å². The Hall–Kier alpha value is -1.12. The van der Waals surface area contributed by atoms with E-state index >= 15 is 0 Å². The zero-order valence-electron chi connectivity index (χ0n) is 10.1. The third-order valence-electron chi connectivity index (χ3n) is 2.31. The van der Waals surface area contributed by atoms with Crippen LogP contribution < -0.4 is 15.8 Å². The number of anilines is 1. The minimum Gasteiger partial charge on any atom is -0.492 e. The first-order valence-corrected chi connectivity index (χ1v) is 7.63. The predicted octanol–water partition coefficient (Wildman–Crippen LogP) is 2.94. The molecule has 0 radical (unpaired) electrons. The van der Waals surface area contributed by atoms with Crippen LogP contribution in [0.2, 0.25) is 0 Å². The Morgan fingerprint density at radius 2 is 2.26 bits per heavy atom. The molecule has 100 valence electrons. The molecule has 0 aliphatic carbocycles. The average Bonchev–Trinajstić information content (AvgIpc) is 2.83. The van der Waals surface area contributed by atoms with Gasteiger partial charge in [-0.05, 0) is 40.8 Å². The third kappa shape index (κ3) is 4.19. The van der Waals surface area contributed by atoms with Gasteiger partial charge in [-0.2, -0.15) is 0 Å². The molecular weight excluding hydrogens is 375 g/mol. The standard InChI is InChI=1S/C13H13IN2O2S/c14-12-6-9(8-19-12)13(17)16-10-2-1-3-11(7-10)18-5-4-15/h1-3,6-8H,4-5,15H2,(H,16,17). The summed E-state index contributed by atoms with van der Waals surface area (Å²) in [7, 11) is 0. The normalized spacial score (nSPS) is 10.2. The van der Waals surface area contributed by atoms with Crippen molar-refractivity contribution >= 4 is 45.5 Å². The quantitative estimate of drug-likeness (QED) is 0.775. The lowest BCUT2D eigenvalue weighted by Crippen LogP contribution is -2.12. The summed E-state index contributed by atoms with van der Waals surface area (Å²) < 4.78 is 6.50. The third-order valence-corrected chi connectivity index (χ3v) is 4.10. The number of hydrogen-bond acceptors (Lipinski definition) is 4. The molecule has 2 aromatic rings. The van der Waals surface area contributed by atoms with Gasteiger partial charge in [0.2, 0.25) is 0 Å². The van der Waals surface area contributed by atoms with Crippen LogP contribution in [0.15, 0.2) is 35.7 Å². The number of carbonyl (C=O) groups is 1. The molecule has 1 heterocycles. The van der Waals surface area contributed by atoms with Crippen molar-refractivity contribution in [1.29, 1.82) is 0 Å². The van der Waals surface area contributed by atoms with Crippen LogP contribution in [0.25, 0.3) is 0 Å². The summed E-state index contributed by atoms with van der Waals surface area (Å²) in [5.41, 5.74) is 6.76. The molecule has 1 amide bonds. The number of benzene rings is 1. The number of halogens is 1. The van der Waals surface area contributed by atoms with E-state index in [1.165, 1.54) is 0 Å². The second-order valence-electron chi connectivity index (χ2n) is 3.76. The summed E-state index contributed by atoms with van der Waals surface area (Å²) in [6.45, 7) is 0.921. The van der Waals surface area contributed by atoms with Gasteiger partial charge in [0, 0.05) is 23.7 Å². The molecule has 4 nitrogen and oxygen atoms in total. The molecule has 0 unspecified atom stereocenters. The first kappa shape index (κ1) is 14.3. The average molecular weight is 388 g/mol. The second-order valence-corrected chi connectivity index (χ2v) is 6.56. The van der Waals surface area contributed by atoms with Crippen LogP contribution in [0.5, 0.6) is 5.75 Å². The molecule has 6 heteroatoms. The molecule has 3 N–H and O–H groups in total. The molecular formula is C13H13IN2O2S. The van der Waals surface area contributed by atoms with E-state index < -0.39 is 0 Å². The number of nitrogens with one attached hydrogen (secondary N) is 1. The largest absolute Gasteiger partial charge is 0.492 e. The number of amides is 1. The highest BCUT2D eigenvalue weighted by molar-refractivity contribution is 14.1. The minimum atomic E-state index is -0.116. The van der Waals surface area contributed by atoms with Crippen molar-refractivity contribution in [1.82, 2.24) is 0 Å². The highest BCUT2D eigenvalue weighted by atomic mass is 127. The molecule has 19 heavy (non-hydrogen) atoms. The molecule has 0 fully saturated rings. The highest BCUT2D eigenvalue weighted by Gasteiger charge is 2.08. The Balaban J connectivity index is 2.04. The van der Waals surface area contributed by atoms with E-state index in [0.29, 0.717) is 30.2 Å². The van der Waals surface area contributed by atoms with Gasteiger partial charge >= 0.3 is 0 Å². The Morgan fingerprint density at radius 3 is 2.95 bits per heavy atom. The predicted molar refractivity (Wildman–Crippen MR) is 86.0 cm³/mol. The number of ether oxygens (including phenoxy) is 1. The molecule has 0 saturated carbocycles. The van der Waals surface area contributed by atoms with Gasteiger partial charge in [0.25, 0.3) is 5.91 Å². The van der Waals surface area contributed by atoms with Crippen molar-refractivity contribution in [2.24, 2.45) is 5.73 Å². The number of hydrogen-bond donors (Lipinski definition) is 2. The fourth-order valence-electron chi connectivity index (χ4n) is 1.47. The van der Waals surface area contributed by atoms with Gasteiger partial charge in [-0.15, -0.1) is 11.3 Å². The van der Waals surface area contributed by atoms with Crippen LogP contribution in [0.4, 0.5) is 5.69 Å². The van der Waals surface area contributed by atoms with Crippen LogP contribution >= 0.6 is 33.9 Å². The van der Waals surface area contributed by atoms with E-state index in [4.69, 9.17) is 10.5 Å². The van der Waals surface area contributed by atoms with E-state index in [0.717, 1.165) is 2.88 Å². The van der Waals surface area contributed by atoms with E-state index in [1.807, 2.05) is 29.6 Å². The molecule has 0 aliphatic heterocycles. The first-order chi connectivity index (χ1) is 9.19. The van der Waals surface area contributed by atoms with Crippen LogP contribution in [0.1, 0.15) is 10.4 Å². The number of thiophene rings is 1. The smallest absolute Gasteiger partial charge is 0.256 e. The molecule has 0 saturated heterocycles. The fraction of sp³-hybridized carbons (Fsp3) is 0.154. The van der Waals surface area contributed by atoms with Gasteiger partial charge in [-0.3, -0.25) is 4.79 Å². The monoisotopic (exact) mass is 388 g/mol. The van der Waals surface area contributed by atoms with Crippen LogP contribution in [0, 0.1) is 2.88 Å². The van der Waals surface area contributed by atoms with E-state index in [2.05, 4.69) is 27.9 Å². The molecule has 0 bridgehead atoms. The lowest BCUT2D eigenvalue weighted by molar-refractivity contribution is 0.102. The Morgan fingerprint density at radius 1 is 1.42 bits per heavy atom. The van der Waals surface area contributed by atoms with Crippen LogP contribution in [-0.2, 0) is 0 Å². The molecule has 1 aromatic heterocycles. The van der Waals surface area contributed by atoms with E-state index in [-0.39, 0.29) is 5.91 Å². The van der Waals surface area contributed by atoms with Gasteiger partial charge in [-0.1, -0.05) is 6.07 Å². The van der Waals surface area contributed by atoms with Crippen molar-refractivity contribution < 1.29 is 9.53 Å². The van der Waals surface area contributed by atoms with Gasteiger partial charge < -0.3 is 15.8 Å². The van der Waals surface area contributed by atoms with Gasteiger partial charge in [0.1, 0.15) is 12.4 Å². The van der Waals surface area contributed by atoms with Gasteiger partial charge in [-0.25, -0.2) is 0 Å². The van der Waals surface area contributed by atoms with Crippen molar-refractivity contribution in [2.45, 2.75) is 0 Å². The summed E-state index contributed by atoms with van der Waals surface area (Å²) in [5, 5.41) is 4.68. The topological polar surface area (TPSA) is 64.3 Å². The van der Waals surface area contributed by atoms with Crippen LogP contribution in [-0.4, -0.2) is 19.1 Å². The Labute approximate surface area is 129 Å². The maximum Gasteiger partial charge on any atom is 0.256 e. The highest BCUT2D eigenvalue weighted by Crippen LogP contribution is 2.20. The maximum atomic E-state index is 12.0. The van der Waals surface area contributed by atoms with E-state index in [1.54, 1.807) is 17.4 Å². The summed E-state index contributed by atoms with van der Waals surface area (Å²) in [4.78, 5) is 12.0. The van der Waals surface area contributed by atoms with E-state index in [9.17, 15) is 4.79 Å². The molecule has 0 spiro atoms. The number of rotatable bonds is 5. The number of nitrogens with two attached hydrogens (primary N) is 1. The molecule has 2 rings (SSSR count). The zero-order valence-corrected chi connectivity index (χ0v) is 13.0. The summed E-state index contributed by atoms with van der Waals surface area (Å²) in [6, 6.07) is 9.13. The Bertz CT molecular complexity index is 571. The van der Waals surface area contributed by atoms with Crippen molar-refractivity contribution in [3.05, 3.63) is 44.2 Å². The first-order valence-electron chi connectivity index (χ1n) is 5.67. The lowest BCUT2D eigenvalue weighted by atomic mass is 10.2. The summed E-state index contributed by atoms with van der Waals surface area (Å²) in [5.74, 6) is 0.582. The fourth-order valence-corrected chi connectivity index (χ4v) is 2.80. The second kappa shape index (κ2) is 6.88. The van der Waals surface area contributed by atoms with Gasteiger partial charge in [0.15, 0.2) is 0 Å². The molecule has 0 aliphatic rings. The Kier molecular flexibility index (Phi) is 5.17. The number of carbonyl (C=O) groups excluding carboxylic acids is 1. The SMILES string of the molecule is NCCOc1cccc(NC(=O)c2csc(I)c2)c1. The minimum absolute atomic E-state index is 0.116. The van der Waals surface area contributed by atoms with Crippen molar-refractivity contribution in [2.75, 3.05) is 18.5 Å². The van der Waals surface area contributed by atoms with Crippen molar-refractivity contribution in [3.63, 3.8) is 0 Å². The van der Waals surface area contributed by atoms with Gasteiger partial charge in [0.05, 0.1) is 8.45 Å². The molecule has 0 atom stereocenters. The van der Waals surface area contributed by atoms with Crippen LogP contribution in [0.3, 0.4) is 0 Å².